The second kappa shape index (κ2) is 5.61. The summed E-state index contributed by atoms with van der Waals surface area (Å²) in [7, 11) is 2.13. The van der Waals surface area contributed by atoms with Crippen LogP contribution >= 0.6 is 0 Å². The van der Waals surface area contributed by atoms with E-state index in [1.165, 1.54) is 0 Å². The van der Waals surface area contributed by atoms with Crippen molar-refractivity contribution in [2.45, 2.75) is 31.8 Å². The summed E-state index contributed by atoms with van der Waals surface area (Å²) < 4.78 is 6.08. The van der Waals surface area contributed by atoms with Gasteiger partial charge in [-0.1, -0.05) is 12.1 Å². The summed E-state index contributed by atoms with van der Waals surface area (Å²) in [6.07, 6.45) is 2.09. The highest BCUT2D eigenvalue weighted by molar-refractivity contribution is 5.70. The molecular formula is C15H21NO3. The highest BCUT2D eigenvalue weighted by Crippen LogP contribution is 2.28. The standard InChI is InChI=1S/C15H21NO3/c1-15(7-9-16(2)10-8-15)19-13-5-3-12(4-6-13)11-14(17)18/h3-6H,7-11H2,1-2H3,(H,17,18). The van der Waals surface area contributed by atoms with Crippen molar-refractivity contribution in [3.05, 3.63) is 29.8 Å². The fourth-order valence-corrected chi connectivity index (χ4v) is 2.33. The van der Waals surface area contributed by atoms with Crippen LogP contribution in [0, 0.1) is 0 Å². The second-order valence-electron chi connectivity index (χ2n) is 5.57. The van der Waals surface area contributed by atoms with Gasteiger partial charge in [0.15, 0.2) is 0 Å². The molecule has 2 rings (SSSR count). The Bertz CT molecular complexity index is 433. The van der Waals surface area contributed by atoms with E-state index in [9.17, 15) is 4.79 Å². The predicted octanol–water partition coefficient (Wildman–Crippen LogP) is 2.18. The Kier molecular flexibility index (Phi) is 4.10. The SMILES string of the molecule is CN1CCC(C)(Oc2ccc(CC(=O)O)cc2)CC1. The summed E-state index contributed by atoms with van der Waals surface area (Å²) in [6.45, 7) is 4.24. The highest BCUT2D eigenvalue weighted by Gasteiger charge is 2.30. The normalized spacial score (nSPS) is 19.1. The van der Waals surface area contributed by atoms with Crippen molar-refractivity contribution in [2.24, 2.45) is 0 Å². The monoisotopic (exact) mass is 263 g/mol. The summed E-state index contributed by atoms with van der Waals surface area (Å²) in [4.78, 5) is 12.9. The van der Waals surface area contributed by atoms with Crippen LogP contribution in [0.3, 0.4) is 0 Å². The number of carbonyl (C=O) groups is 1. The van der Waals surface area contributed by atoms with Crippen LogP contribution in [0.15, 0.2) is 24.3 Å². The summed E-state index contributed by atoms with van der Waals surface area (Å²) in [5, 5.41) is 8.73. The predicted molar refractivity (Wildman–Crippen MR) is 73.5 cm³/mol. The third-order valence-corrected chi connectivity index (χ3v) is 3.69. The molecule has 0 amide bonds. The van der Waals surface area contributed by atoms with Gasteiger partial charge in [0.25, 0.3) is 0 Å². The van der Waals surface area contributed by atoms with Crippen LogP contribution in [-0.4, -0.2) is 41.7 Å². The zero-order chi connectivity index (χ0) is 13.9. The molecule has 0 aromatic heterocycles. The summed E-state index contributed by atoms with van der Waals surface area (Å²) in [6, 6.07) is 7.37. The Hall–Kier alpha value is -1.55. The van der Waals surface area contributed by atoms with Gasteiger partial charge in [0.1, 0.15) is 11.4 Å². The topological polar surface area (TPSA) is 49.8 Å². The molecule has 1 N–H and O–H groups in total. The van der Waals surface area contributed by atoms with Crippen molar-refractivity contribution in [3.8, 4) is 5.75 Å². The number of likely N-dealkylation sites (tertiary alicyclic amines) is 1. The van der Waals surface area contributed by atoms with Crippen LogP contribution in [0.5, 0.6) is 5.75 Å². The lowest BCUT2D eigenvalue weighted by atomic mass is 9.93. The molecule has 0 atom stereocenters. The largest absolute Gasteiger partial charge is 0.487 e. The van der Waals surface area contributed by atoms with E-state index >= 15 is 0 Å². The number of hydrogen-bond donors (Lipinski definition) is 1. The Labute approximate surface area is 114 Å². The first kappa shape index (κ1) is 13.9. The Morgan fingerprint density at radius 3 is 2.42 bits per heavy atom. The van der Waals surface area contributed by atoms with Gasteiger partial charge in [0.05, 0.1) is 6.42 Å². The van der Waals surface area contributed by atoms with Crippen LogP contribution in [0.2, 0.25) is 0 Å². The lowest BCUT2D eigenvalue weighted by Gasteiger charge is -2.38. The van der Waals surface area contributed by atoms with E-state index in [2.05, 4.69) is 18.9 Å². The molecule has 1 aromatic rings. The number of benzene rings is 1. The van der Waals surface area contributed by atoms with E-state index in [1.807, 2.05) is 24.3 Å². The molecule has 1 aliphatic heterocycles. The van der Waals surface area contributed by atoms with Gasteiger partial charge in [-0.2, -0.15) is 0 Å². The van der Waals surface area contributed by atoms with Gasteiger partial charge in [-0.3, -0.25) is 4.79 Å². The first-order valence-corrected chi connectivity index (χ1v) is 6.65. The van der Waals surface area contributed by atoms with Crippen LogP contribution in [-0.2, 0) is 11.2 Å². The molecule has 1 aliphatic rings. The molecule has 104 valence electrons. The first-order chi connectivity index (χ1) is 8.97. The Morgan fingerprint density at radius 2 is 1.89 bits per heavy atom. The Morgan fingerprint density at radius 1 is 1.32 bits per heavy atom. The smallest absolute Gasteiger partial charge is 0.307 e. The quantitative estimate of drug-likeness (QED) is 0.904. The maximum absolute atomic E-state index is 10.6. The number of carboxylic acids is 1. The molecule has 0 saturated carbocycles. The number of nitrogens with zero attached hydrogens (tertiary/aromatic N) is 1. The zero-order valence-electron chi connectivity index (χ0n) is 11.6. The molecule has 19 heavy (non-hydrogen) atoms. The van der Waals surface area contributed by atoms with Gasteiger partial charge in [0.2, 0.25) is 0 Å². The third-order valence-electron chi connectivity index (χ3n) is 3.69. The van der Waals surface area contributed by atoms with E-state index in [1.54, 1.807) is 0 Å². The molecule has 0 unspecified atom stereocenters. The van der Waals surface area contributed by atoms with Crippen LogP contribution < -0.4 is 4.74 Å². The van der Waals surface area contributed by atoms with Gasteiger partial charge < -0.3 is 14.7 Å². The number of rotatable bonds is 4. The van der Waals surface area contributed by atoms with E-state index in [-0.39, 0.29) is 12.0 Å². The second-order valence-corrected chi connectivity index (χ2v) is 5.57. The van der Waals surface area contributed by atoms with Crippen molar-refractivity contribution in [1.29, 1.82) is 0 Å². The molecule has 0 radical (unpaired) electrons. The molecule has 4 heteroatoms. The maximum atomic E-state index is 10.6. The maximum Gasteiger partial charge on any atom is 0.307 e. The molecule has 1 heterocycles. The number of aliphatic carboxylic acids is 1. The van der Waals surface area contributed by atoms with Gasteiger partial charge in [0, 0.05) is 13.1 Å². The van der Waals surface area contributed by atoms with E-state index in [0.29, 0.717) is 0 Å². The van der Waals surface area contributed by atoms with Crippen molar-refractivity contribution in [3.63, 3.8) is 0 Å². The average molecular weight is 263 g/mol. The zero-order valence-corrected chi connectivity index (χ0v) is 11.6. The summed E-state index contributed by atoms with van der Waals surface area (Å²) >= 11 is 0. The fourth-order valence-electron chi connectivity index (χ4n) is 2.33. The molecule has 1 fully saturated rings. The summed E-state index contributed by atoms with van der Waals surface area (Å²) in [5.74, 6) is 0.0112. The van der Waals surface area contributed by atoms with Crippen molar-refractivity contribution < 1.29 is 14.6 Å². The van der Waals surface area contributed by atoms with E-state index < -0.39 is 5.97 Å². The first-order valence-electron chi connectivity index (χ1n) is 6.65. The van der Waals surface area contributed by atoms with Gasteiger partial charge >= 0.3 is 5.97 Å². The van der Waals surface area contributed by atoms with Crippen LogP contribution in [0.4, 0.5) is 0 Å². The van der Waals surface area contributed by atoms with Gasteiger partial charge in [-0.25, -0.2) is 0 Å². The molecule has 1 aromatic carbocycles. The lowest BCUT2D eigenvalue weighted by Crippen LogP contribution is -2.44. The van der Waals surface area contributed by atoms with E-state index in [4.69, 9.17) is 9.84 Å². The Balaban J connectivity index is 1.97. The fraction of sp³-hybridized carbons (Fsp3) is 0.533. The van der Waals surface area contributed by atoms with Crippen molar-refractivity contribution in [2.75, 3.05) is 20.1 Å². The number of piperidine rings is 1. The third kappa shape index (κ3) is 3.96. The van der Waals surface area contributed by atoms with E-state index in [0.717, 1.165) is 37.2 Å². The minimum atomic E-state index is -0.809. The van der Waals surface area contributed by atoms with Crippen LogP contribution in [0.25, 0.3) is 0 Å². The van der Waals surface area contributed by atoms with Crippen molar-refractivity contribution >= 4 is 5.97 Å². The minimum absolute atomic E-state index is 0.0579. The molecular weight excluding hydrogens is 242 g/mol. The molecule has 0 bridgehead atoms. The molecule has 0 aliphatic carbocycles. The minimum Gasteiger partial charge on any atom is -0.487 e. The molecule has 4 nitrogen and oxygen atoms in total. The summed E-state index contributed by atoms with van der Waals surface area (Å²) in [5.41, 5.74) is 0.689. The van der Waals surface area contributed by atoms with Gasteiger partial charge in [-0.15, -0.1) is 0 Å². The molecule has 1 saturated heterocycles. The molecule has 0 spiro atoms. The highest BCUT2D eigenvalue weighted by atomic mass is 16.5. The van der Waals surface area contributed by atoms with Gasteiger partial charge in [-0.05, 0) is 44.5 Å². The number of carboxylic acid groups (broad SMARTS) is 1. The number of ether oxygens (including phenoxy) is 1. The van der Waals surface area contributed by atoms with Crippen molar-refractivity contribution in [1.82, 2.24) is 4.90 Å². The lowest BCUT2D eigenvalue weighted by molar-refractivity contribution is -0.136. The number of hydrogen-bond acceptors (Lipinski definition) is 3. The van der Waals surface area contributed by atoms with Crippen LogP contribution in [0.1, 0.15) is 25.3 Å². The average Bonchev–Trinajstić information content (AvgIpc) is 2.35.